The van der Waals surface area contributed by atoms with Crippen LogP contribution in [0.15, 0.2) is 0 Å². The highest BCUT2D eigenvalue weighted by molar-refractivity contribution is 5.86. The standard InChI is InChI=1S/C13H24N2O3/c1-9(2)8-14-12(18)15-13(11(16)17)6-4-10(3)5-7-13/h9-10H,4-8H2,1-3H3,(H,16,17)(H2,14,15,18). The highest BCUT2D eigenvalue weighted by Gasteiger charge is 2.42. The molecule has 1 saturated carbocycles. The van der Waals surface area contributed by atoms with E-state index in [1.807, 2.05) is 13.8 Å². The second kappa shape index (κ2) is 6.07. The van der Waals surface area contributed by atoms with Crippen LogP contribution < -0.4 is 10.6 Å². The van der Waals surface area contributed by atoms with Crippen molar-refractivity contribution < 1.29 is 14.7 Å². The minimum absolute atomic E-state index is 0.350. The Labute approximate surface area is 108 Å². The minimum atomic E-state index is -1.08. The molecular formula is C13H24N2O3. The summed E-state index contributed by atoms with van der Waals surface area (Å²) < 4.78 is 0. The molecular weight excluding hydrogens is 232 g/mol. The summed E-state index contributed by atoms with van der Waals surface area (Å²) in [6.07, 6.45) is 2.71. The summed E-state index contributed by atoms with van der Waals surface area (Å²) in [6.45, 7) is 6.66. The quantitative estimate of drug-likeness (QED) is 0.719. The smallest absolute Gasteiger partial charge is 0.329 e. The van der Waals surface area contributed by atoms with Gasteiger partial charge in [0.2, 0.25) is 0 Å². The van der Waals surface area contributed by atoms with Crippen LogP contribution in [0.4, 0.5) is 4.79 Å². The van der Waals surface area contributed by atoms with Gasteiger partial charge in [0.05, 0.1) is 0 Å². The molecule has 1 fully saturated rings. The molecule has 0 heterocycles. The van der Waals surface area contributed by atoms with E-state index in [1.54, 1.807) is 0 Å². The molecule has 5 nitrogen and oxygen atoms in total. The third kappa shape index (κ3) is 3.89. The molecule has 2 amide bonds. The molecule has 0 aromatic heterocycles. The zero-order valence-corrected chi connectivity index (χ0v) is 11.5. The van der Waals surface area contributed by atoms with E-state index in [0.29, 0.717) is 31.2 Å². The van der Waals surface area contributed by atoms with Gasteiger partial charge in [-0.05, 0) is 37.5 Å². The molecule has 5 heteroatoms. The topological polar surface area (TPSA) is 78.4 Å². The van der Waals surface area contributed by atoms with E-state index < -0.39 is 11.5 Å². The number of hydrogen-bond donors (Lipinski definition) is 3. The van der Waals surface area contributed by atoms with Crippen LogP contribution in [0.5, 0.6) is 0 Å². The molecule has 18 heavy (non-hydrogen) atoms. The van der Waals surface area contributed by atoms with Crippen molar-refractivity contribution in [2.45, 2.75) is 52.0 Å². The van der Waals surface area contributed by atoms with Crippen molar-refractivity contribution in [1.82, 2.24) is 10.6 Å². The van der Waals surface area contributed by atoms with Crippen LogP contribution in [0.25, 0.3) is 0 Å². The number of carbonyl (C=O) groups is 2. The van der Waals surface area contributed by atoms with Gasteiger partial charge < -0.3 is 15.7 Å². The summed E-state index contributed by atoms with van der Waals surface area (Å²) in [6, 6.07) is -0.374. The molecule has 0 unspecified atom stereocenters. The second-order valence-corrected chi connectivity index (χ2v) is 5.80. The van der Waals surface area contributed by atoms with E-state index in [0.717, 1.165) is 12.8 Å². The maximum absolute atomic E-state index is 11.7. The van der Waals surface area contributed by atoms with Crippen molar-refractivity contribution in [2.24, 2.45) is 11.8 Å². The first-order valence-electron chi connectivity index (χ1n) is 6.65. The number of urea groups is 1. The van der Waals surface area contributed by atoms with Crippen LogP contribution in [0, 0.1) is 11.8 Å². The molecule has 1 aliphatic carbocycles. The monoisotopic (exact) mass is 256 g/mol. The summed E-state index contributed by atoms with van der Waals surface area (Å²) in [5.74, 6) is -0.0324. The predicted molar refractivity (Wildman–Crippen MR) is 69.4 cm³/mol. The van der Waals surface area contributed by atoms with Gasteiger partial charge >= 0.3 is 12.0 Å². The lowest BCUT2D eigenvalue weighted by atomic mass is 9.77. The van der Waals surface area contributed by atoms with Crippen LogP contribution in [-0.2, 0) is 4.79 Å². The van der Waals surface area contributed by atoms with E-state index in [4.69, 9.17) is 0 Å². The van der Waals surface area contributed by atoms with Gasteiger partial charge in [-0.1, -0.05) is 20.8 Å². The molecule has 104 valence electrons. The fraction of sp³-hybridized carbons (Fsp3) is 0.846. The number of carbonyl (C=O) groups excluding carboxylic acids is 1. The van der Waals surface area contributed by atoms with E-state index in [2.05, 4.69) is 17.6 Å². The van der Waals surface area contributed by atoms with Crippen molar-refractivity contribution in [3.05, 3.63) is 0 Å². The third-order valence-corrected chi connectivity index (χ3v) is 3.56. The van der Waals surface area contributed by atoms with Crippen molar-refractivity contribution >= 4 is 12.0 Å². The second-order valence-electron chi connectivity index (χ2n) is 5.80. The lowest BCUT2D eigenvalue weighted by Crippen LogP contribution is -2.58. The van der Waals surface area contributed by atoms with Crippen LogP contribution >= 0.6 is 0 Å². The van der Waals surface area contributed by atoms with Gasteiger partial charge in [0.25, 0.3) is 0 Å². The first-order chi connectivity index (χ1) is 8.35. The van der Waals surface area contributed by atoms with Gasteiger partial charge in [0, 0.05) is 6.54 Å². The number of carboxylic acid groups (broad SMARTS) is 1. The van der Waals surface area contributed by atoms with Crippen molar-refractivity contribution in [2.75, 3.05) is 6.54 Å². The van der Waals surface area contributed by atoms with Crippen LogP contribution in [0.1, 0.15) is 46.5 Å². The maximum Gasteiger partial charge on any atom is 0.329 e. The third-order valence-electron chi connectivity index (χ3n) is 3.56. The van der Waals surface area contributed by atoms with E-state index in [9.17, 15) is 14.7 Å². The maximum atomic E-state index is 11.7. The molecule has 0 aliphatic heterocycles. The summed E-state index contributed by atoms with van der Waals surface area (Å²) in [5, 5.41) is 14.7. The molecule has 3 N–H and O–H groups in total. The molecule has 0 aromatic carbocycles. The molecule has 0 aromatic rings. The van der Waals surface area contributed by atoms with E-state index in [1.165, 1.54) is 0 Å². The molecule has 0 spiro atoms. The Morgan fingerprint density at radius 2 is 1.89 bits per heavy atom. The highest BCUT2D eigenvalue weighted by atomic mass is 16.4. The first kappa shape index (κ1) is 14.8. The van der Waals surface area contributed by atoms with Crippen LogP contribution in [0.2, 0.25) is 0 Å². The summed E-state index contributed by atoms with van der Waals surface area (Å²) >= 11 is 0. The lowest BCUT2D eigenvalue weighted by molar-refractivity contribution is -0.146. The van der Waals surface area contributed by atoms with Crippen molar-refractivity contribution in [3.63, 3.8) is 0 Å². The van der Waals surface area contributed by atoms with Crippen LogP contribution in [0.3, 0.4) is 0 Å². The number of amides is 2. The molecule has 0 atom stereocenters. The Kier molecular flexibility index (Phi) is 4.99. The van der Waals surface area contributed by atoms with Gasteiger partial charge in [0.15, 0.2) is 0 Å². The zero-order chi connectivity index (χ0) is 13.8. The average Bonchev–Trinajstić information content (AvgIpc) is 2.29. The Morgan fingerprint density at radius 3 is 2.33 bits per heavy atom. The van der Waals surface area contributed by atoms with Gasteiger partial charge in [0.1, 0.15) is 5.54 Å². The van der Waals surface area contributed by atoms with E-state index in [-0.39, 0.29) is 6.03 Å². The Hall–Kier alpha value is -1.26. The Balaban J connectivity index is 2.58. The SMILES string of the molecule is CC(C)CNC(=O)NC1(C(=O)O)CCC(C)CC1. The van der Waals surface area contributed by atoms with Gasteiger partial charge in [-0.2, -0.15) is 0 Å². The fourth-order valence-corrected chi connectivity index (χ4v) is 2.21. The van der Waals surface area contributed by atoms with Gasteiger partial charge in [-0.3, -0.25) is 0 Å². The first-order valence-corrected chi connectivity index (χ1v) is 6.65. The minimum Gasteiger partial charge on any atom is -0.480 e. The van der Waals surface area contributed by atoms with Crippen molar-refractivity contribution in [1.29, 1.82) is 0 Å². The zero-order valence-electron chi connectivity index (χ0n) is 11.5. The summed E-state index contributed by atoms with van der Waals surface area (Å²) in [7, 11) is 0. The number of rotatable bonds is 4. The van der Waals surface area contributed by atoms with Crippen LogP contribution in [-0.4, -0.2) is 29.2 Å². The number of carboxylic acids is 1. The molecule has 0 saturated heterocycles. The fourth-order valence-electron chi connectivity index (χ4n) is 2.21. The normalized spacial score (nSPS) is 27.9. The highest BCUT2D eigenvalue weighted by Crippen LogP contribution is 2.32. The van der Waals surface area contributed by atoms with Crippen molar-refractivity contribution in [3.8, 4) is 0 Å². The largest absolute Gasteiger partial charge is 0.480 e. The average molecular weight is 256 g/mol. The summed E-state index contributed by atoms with van der Waals surface area (Å²) in [4.78, 5) is 23.1. The lowest BCUT2D eigenvalue weighted by Gasteiger charge is -2.36. The molecule has 1 rings (SSSR count). The molecule has 0 bridgehead atoms. The molecule has 1 aliphatic rings. The summed E-state index contributed by atoms with van der Waals surface area (Å²) in [5.41, 5.74) is -1.08. The number of hydrogen-bond acceptors (Lipinski definition) is 2. The Bertz CT molecular complexity index is 307. The Morgan fingerprint density at radius 1 is 1.33 bits per heavy atom. The molecule has 0 radical (unpaired) electrons. The van der Waals surface area contributed by atoms with Gasteiger partial charge in [-0.15, -0.1) is 0 Å². The number of aliphatic carboxylic acids is 1. The number of nitrogens with one attached hydrogen (secondary N) is 2. The van der Waals surface area contributed by atoms with E-state index >= 15 is 0 Å². The predicted octanol–water partition coefficient (Wildman–Crippen LogP) is 1.98. The van der Waals surface area contributed by atoms with Gasteiger partial charge in [-0.25, -0.2) is 9.59 Å².